The molecular weight excluding hydrogens is 797 g/mol. The lowest BCUT2D eigenvalue weighted by molar-refractivity contribution is 1.18. The number of aromatic nitrogens is 1. The molecular formula is C64H44N2. The van der Waals surface area contributed by atoms with E-state index in [0.717, 1.165) is 22.6 Å². The summed E-state index contributed by atoms with van der Waals surface area (Å²) in [5.74, 6) is 0. The molecule has 11 aromatic carbocycles. The van der Waals surface area contributed by atoms with Crippen molar-refractivity contribution in [2.24, 2.45) is 0 Å². The zero-order chi connectivity index (χ0) is 43.8. The van der Waals surface area contributed by atoms with E-state index in [1.165, 1.54) is 88.3 Å². The molecule has 0 radical (unpaired) electrons. The molecule has 2 heteroatoms. The van der Waals surface area contributed by atoms with Crippen LogP contribution < -0.4 is 4.90 Å². The number of benzene rings is 11. The van der Waals surface area contributed by atoms with Gasteiger partial charge in [0, 0.05) is 33.4 Å². The Kier molecular flexibility index (Phi) is 9.89. The van der Waals surface area contributed by atoms with Gasteiger partial charge in [-0.1, -0.05) is 206 Å². The van der Waals surface area contributed by atoms with Crippen LogP contribution in [0.15, 0.2) is 267 Å². The monoisotopic (exact) mass is 840 g/mol. The minimum absolute atomic E-state index is 1.09. The zero-order valence-corrected chi connectivity index (χ0v) is 36.3. The molecule has 1 heterocycles. The molecule has 0 bridgehead atoms. The number of fused-ring (bicyclic) bond motifs is 4. The van der Waals surface area contributed by atoms with Crippen LogP contribution in [0.25, 0.3) is 93.9 Å². The first-order valence-corrected chi connectivity index (χ1v) is 22.7. The van der Waals surface area contributed by atoms with Crippen molar-refractivity contribution < 1.29 is 0 Å². The summed E-state index contributed by atoms with van der Waals surface area (Å²) < 4.78 is 2.42. The fraction of sp³-hybridized carbons (Fsp3) is 0. The van der Waals surface area contributed by atoms with Crippen LogP contribution in [-0.2, 0) is 0 Å². The second-order valence-corrected chi connectivity index (χ2v) is 16.9. The third-order valence-electron chi connectivity index (χ3n) is 13.0. The first-order chi connectivity index (χ1) is 32.7. The van der Waals surface area contributed by atoms with Crippen LogP contribution >= 0.6 is 0 Å². The Bertz CT molecular complexity index is 3600. The highest BCUT2D eigenvalue weighted by Crippen LogP contribution is 2.41. The molecule has 1 aromatic heterocycles. The van der Waals surface area contributed by atoms with Crippen LogP contribution in [0.3, 0.4) is 0 Å². The maximum atomic E-state index is 2.42. The number of hydrogen-bond acceptors (Lipinski definition) is 1. The largest absolute Gasteiger partial charge is 0.311 e. The van der Waals surface area contributed by atoms with Crippen molar-refractivity contribution in [2.45, 2.75) is 0 Å². The normalized spacial score (nSPS) is 11.3. The molecule has 0 unspecified atom stereocenters. The second kappa shape index (κ2) is 16.8. The van der Waals surface area contributed by atoms with E-state index in [-0.39, 0.29) is 0 Å². The summed E-state index contributed by atoms with van der Waals surface area (Å²) in [5.41, 5.74) is 18.8. The highest BCUT2D eigenvalue weighted by atomic mass is 15.1. The van der Waals surface area contributed by atoms with Crippen molar-refractivity contribution in [3.8, 4) is 61.3 Å². The molecule has 0 saturated carbocycles. The minimum Gasteiger partial charge on any atom is -0.311 e. The van der Waals surface area contributed by atoms with Gasteiger partial charge in [-0.15, -0.1) is 0 Å². The van der Waals surface area contributed by atoms with Gasteiger partial charge in [0.2, 0.25) is 0 Å². The number of hydrogen-bond donors (Lipinski definition) is 0. The quantitative estimate of drug-likeness (QED) is 0.141. The van der Waals surface area contributed by atoms with Crippen LogP contribution in [0.2, 0.25) is 0 Å². The van der Waals surface area contributed by atoms with Crippen molar-refractivity contribution in [1.82, 2.24) is 4.57 Å². The second-order valence-electron chi connectivity index (χ2n) is 16.9. The van der Waals surface area contributed by atoms with Crippen LogP contribution in [0.5, 0.6) is 0 Å². The summed E-state index contributed by atoms with van der Waals surface area (Å²) in [4.78, 5) is 2.36. The van der Waals surface area contributed by atoms with Crippen molar-refractivity contribution in [2.75, 3.05) is 4.90 Å². The molecule has 310 valence electrons. The molecule has 2 nitrogen and oxygen atoms in total. The van der Waals surface area contributed by atoms with Crippen LogP contribution in [0, 0.1) is 0 Å². The molecule has 12 aromatic rings. The van der Waals surface area contributed by atoms with Crippen molar-refractivity contribution in [1.29, 1.82) is 0 Å². The maximum absolute atomic E-state index is 2.42. The lowest BCUT2D eigenvalue weighted by atomic mass is 9.97. The fourth-order valence-corrected chi connectivity index (χ4v) is 9.77. The summed E-state index contributed by atoms with van der Waals surface area (Å²) in [6.07, 6.45) is 0. The van der Waals surface area contributed by atoms with Gasteiger partial charge < -0.3 is 9.47 Å². The summed E-state index contributed by atoms with van der Waals surface area (Å²) in [6, 6.07) is 96.7. The van der Waals surface area contributed by atoms with Crippen molar-refractivity contribution in [3.05, 3.63) is 267 Å². The molecule has 0 aliphatic carbocycles. The SMILES string of the molecule is c1ccc(-c2ccc(-c3ccc(N(c4ccc(-c5cccc(-c6ccccc6-n6c7ccccc7c7ccccc76)c5)cc4)c4ccc(-c5cccc6ccccc56)cc4)cc3)cc2)cc1. The fourth-order valence-electron chi connectivity index (χ4n) is 9.77. The average Bonchev–Trinajstić information content (AvgIpc) is 3.74. The van der Waals surface area contributed by atoms with Crippen LogP contribution in [0.4, 0.5) is 17.1 Å². The summed E-state index contributed by atoms with van der Waals surface area (Å²) in [6.45, 7) is 0. The van der Waals surface area contributed by atoms with E-state index >= 15 is 0 Å². The molecule has 12 rings (SSSR count). The Morgan fingerprint density at radius 2 is 0.636 bits per heavy atom. The van der Waals surface area contributed by atoms with Crippen molar-refractivity contribution in [3.63, 3.8) is 0 Å². The van der Waals surface area contributed by atoms with E-state index in [1.54, 1.807) is 0 Å². The predicted molar refractivity (Wildman–Crippen MR) is 280 cm³/mol. The Hall–Kier alpha value is -8.72. The molecule has 0 N–H and O–H groups in total. The number of rotatable bonds is 9. The van der Waals surface area contributed by atoms with Gasteiger partial charge in [0.05, 0.1) is 16.7 Å². The molecule has 0 spiro atoms. The Morgan fingerprint density at radius 3 is 1.26 bits per heavy atom. The number of para-hydroxylation sites is 3. The van der Waals surface area contributed by atoms with E-state index in [1.807, 2.05) is 0 Å². The van der Waals surface area contributed by atoms with Gasteiger partial charge in [0.15, 0.2) is 0 Å². The Labute approximate surface area is 385 Å². The van der Waals surface area contributed by atoms with Crippen LogP contribution in [-0.4, -0.2) is 4.57 Å². The van der Waals surface area contributed by atoms with E-state index in [9.17, 15) is 0 Å². The van der Waals surface area contributed by atoms with Gasteiger partial charge in [-0.3, -0.25) is 0 Å². The van der Waals surface area contributed by atoms with Gasteiger partial charge in [-0.25, -0.2) is 0 Å². The van der Waals surface area contributed by atoms with E-state index in [4.69, 9.17) is 0 Å². The summed E-state index contributed by atoms with van der Waals surface area (Å²) >= 11 is 0. The standard InChI is InChI=1S/C64H44N2/c1-2-14-45(15-3-1)46-28-30-47(31-29-46)48-32-38-54(39-33-48)65(56-42-36-51(37-43-56)58-24-13-17-50-16-4-5-20-57(50)58)55-40-34-49(35-41-55)52-18-12-19-53(44-52)59-21-6-9-25-62(59)66-63-26-10-7-22-60(63)61-23-8-11-27-64(61)66/h1-44H. The highest BCUT2D eigenvalue weighted by Gasteiger charge is 2.17. The molecule has 0 amide bonds. The lowest BCUT2D eigenvalue weighted by Gasteiger charge is -2.26. The number of nitrogens with zero attached hydrogens (tertiary/aromatic N) is 2. The Morgan fingerprint density at radius 1 is 0.242 bits per heavy atom. The minimum atomic E-state index is 1.09. The smallest absolute Gasteiger partial charge is 0.0541 e. The van der Waals surface area contributed by atoms with Gasteiger partial charge in [0.1, 0.15) is 0 Å². The molecule has 66 heavy (non-hydrogen) atoms. The maximum Gasteiger partial charge on any atom is 0.0541 e. The molecule has 0 fully saturated rings. The third kappa shape index (κ3) is 7.12. The van der Waals surface area contributed by atoms with Gasteiger partial charge >= 0.3 is 0 Å². The van der Waals surface area contributed by atoms with E-state index in [0.29, 0.717) is 0 Å². The zero-order valence-electron chi connectivity index (χ0n) is 36.3. The topological polar surface area (TPSA) is 8.17 Å². The molecule has 0 aliphatic rings. The lowest BCUT2D eigenvalue weighted by Crippen LogP contribution is -2.09. The Balaban J connectivity index is 0.897. The van der Waals surface area contributed by atoms with Crippen molar-refractivity contribution >= 4 is 49.6 Å². The summed E-state index contributed by atoms with van der Waals surface area (Å²) in [5, 5.41) is 5.02. The first-order valence-electron chi connectivity index (χ1n) is 22.7. The number of anilines is 3. The van der Waals surface area contributed by atoms with Crippen LogP contribution in [0.1, 0.15) is 0 Å². The molecule has 0 aliphatic heterocycles. The summed E-state index contributed by atoms with van der Waals surface area (Å²) in [7, 11) is 0. The van der Waals surface area contributed by atoms with E-state index < -0.39 is 0 Å². The average molecular weight is 841 g/mol. The van der Waals surface area contributed by atoms with E-state index in [2.05, 4.69) is 276 Å². The predicted octanol–water partition coefficient (Wildman–Crippen LogP) is 17.7. The molecule has 0 saturated heterocycles. The van der Waals surface area contributed by atoms with Gasteiger partial charge in [0.25, 0.3) is 0 Å². The highest BCUT2D eigenvalue weighted by molar-refractivity contribution is 6.09. The van der Waals surface area contributed by atoms with Gasteiger partial charge in [-0.05, 0) is 122 Å². The molecule has 0 atom stereocenters. The first kappa shape index (κ1) is 38.9. The third-order valence-corrected chi connectivity index (χ3v) is 13.0. The van der Waals surface area contributed by atoms with Gasteiger partial charge in [-0.2, -0.15) is 0 Å².